The summed E-state index contributed by atoms with van der Waals surface area (Å²) < 4.78 is 4.91. The van der Waals surface area contributed by atoms with Crippen LogP contribution < -0.4 is 10.6 Å². The molecule has 1 saturated carbocycles. The first kappa shape index (κ1) is 13.5. The minimum Gasteiger partial charge on any atom is -0.383 e. The van der Waals surface area contributed by atoms with E-state index >= 15 is 0 Å². The van der Waals surface area contributed by atoms with Crippen LogP contribution >= 0.6 is 0 Å². The van der Waals surface area contributed by atoms with Crippen molar-refractivity contribution in [3.05, 3.63) is 0 Å². The summed E-state index contributed by atoms with van der Waals surface area (Å²) in [5.74, 6) is 0.178. The van der Waals surface area contributed by atoms with Crippen molar-refractivity contribution in [1.82, 2.24) is 10.6 Å². The van der Waals surface area contributed by atoms with Crippen LogP contribution in [0.1, 0.15) is 38.5 Å². The molecule has 2 N–H and O–H groups in total. The maximum Gasteiger partial charge on any atom is 0.221 e. The molecule has 0 atom stereocenters. The second-order valence-corrected chi connectivity index (χ2v) is 4.40. The van der Waals surface area contributed by atoms with E-state index in [1.807, 2.05) is 0 Å². The lowest BCUT2D eigenvalue weighted by molar-refractivity contribution is -0.121. The Morgan fingerprint density at radius 3 is 2.69 bits per heavy atom. The monoisotopic (exact) mass is 228 g/mol. The number of nitrogens with one attached hydrogen (secondary N) is 2. The summed E-state index contributed by atoms with van der Waals surface area (Å²) in [4.78, 5) is 11.6. The molecule has 0 saturated heterocycles. The minimum absolute atomic E-state index is 0.178. The van der Waals surface area contributed by atoms with E-state index in [1.165, 1.54) is 19.3 Å². The average Bonchev–Trinajstić information content (AvgIpc) is 2.30. The van der Waals surface area contributed by atoms with Crippen molar-refractivity contribution in [2.45, 2.75) is 44.6 Å². The number of carbonyl (C=O) groups excluding carboxylic acids is 1. The molecular formula is C12H24N2O2. The SMILES string of the molecule is COCCNCCC(=O)NC1CCCCC1. The van der Waals surface area contributed by atoms with E-state index in [0.717, 1.165) is 25.9 Å². The zero-order chi connectivity index (χ0) is 11.6. The van der Waals surface area contributed by atoms with Crippen LogP contribution in [0.15, 0.2) is 0 Å². The van der Waals surface area contributed by atoms with Gasteiger partial charge in [-0.2, -0.15) is 0 Å². The van der Waals surface area contributed by atoms with Crippen LogP contribution in [0.25, 0.3) is 0 Å². The second kappa shape index (κ2) is 8.53. The fourth-order valence-corrected chi connectivity index (χ4v) is 2.05. The summed E-state index contributed by atoms with van der Waals surface area (Å²) in [5.41, 5.74) is 0. The maximum atomic E-state index is 11.6. The Morgan fingerprint density at radius 1 is 1.25 bits per heavy atom. The number of ether oxygens (including phenoxy) is 1. The van der Waals surface area contributed by atoms with Gasteiger partial charge in [-0.25, -0.2) is 0 Å². The van der Waals surface area contributed by atoms with Crippen LogP contribution in [0.2, 0.25) is 0 Å². The molecule has 16 heavy (non-hydrogen) atoms. The molecule has 1 aliphatic carbocycles. The molecule has 0 bridgehead atoms. The first-order chi connectivity index (χ1) is 7.83. The molecule has 0 unspecified atom stereocenters. The molecule has 1 aliphatic rings. The van der Waals surface area contributed by atoms with Gasteiger partial charge in [0.2, 0.25) is 5.91 Å². The van der Waals surface area contributed by atoms with Crippen LogP contribution in [0.4, 0.5) is 0 Å². The van der Waals surface area contributed by atoms with Gasteiger partial charge in [0.05, 0.1) is 6.61 Å². The molecule has 94 valence electrons. The van der Waals surface area contributed by atoms with Crippen LogP contribution in [0.5, 0.6) is 0 Å². The standard InChI is InChI=1S/C12H24N2O2/c1-16-10-9-13-8-7-12(15)14-11-5-3-2-4-6-11/h11,13H,2-10H2,1H3,(H,14,15). The highest BCUT2D eigenvalue weighted by molar-refractivity contribution is 5.76. The predicted octanol–water partition coefficient (Wildman–Crippen LogP) is 1.06. The van der Waals surface area contributed by atoms with Gasteiger partial charge in [-0.3, -0.25) is 4.79 Å². The number of hydrogen-bond acceptors (Lipinski definition) is 3. The largest absolute Gasteiger partial charge is 0.383 e. The number of amides is 1. The molecule has 4 nitrogen and oxygen atoms in total. The molecule has 0 aromatic carbocycles. The molecule has 1 fully saturated rings. The van der Waals surface area contributed by atoms with E-state index in [9.17, 15) is 4.79 Å². The van der Waals surface area contributed by atoms with E-state index in [4.69, 9.17) is 4.74 Å². The van der Waals surface area contributed by atoms with Crippen molar-refractivity contribution in [2.24, 2.45) is 0 Å². The van der Waals surface area contributed by atoms with Crippen LogP contribution in [-0.2, 0) is 9.53 Å². The van der Waals surface area contributed by atoms with Crippen molar-refractivity contribution < 1.29 is 9.53 Å². The number of carbonyl (C=O) groups is 1. The van der Waals surface area contributed by atoms with Crippen molar-refractivity contribution >= 4 is 5.91 Å². The summed E-state index contributed by atoms with van der Waals surface area (Å²) in [6, 6.07) is 0.431. The van der Waals surface area contributed by atoms with Crippen LogP contribution in [-0.4, -0.2) is 38.8 Å². The van der Waals surface area contributed by atoms with E-state index in [-0.39, 0.29) is 5.91 Å². The average molecular weight is 228 g/mol. The van der Waals surface area contributed by atoms with Crippen molar-refractivity contribution in [2.75, 3.05) is 26.8 Å². The van der Waals surface area contributed by atoms with Crippen LogP contribution in [0, 0.1) is 0 Å². The zero-order valence-electron chi connectivity index (χ0n) is 10.3. The Bertz CT molecular complexity index is 191. The van der Waals surface area contributed by atoms with E-state index in [2.05, 4.69) is 10.6 Å². The lowest BCUT2D eigenvalue weighted by Gasteiger charge is -2.22. The molecule has 0 radical (unpaired) electrons. The molecule has 0 aliphatic heterocycles. The lowest BCUT2D eigenvalue weighted by atomic mass is 9.95. The summed E-state index contributed by atoms with van der Waals surface area (Å²) in [5, 5.41) is 6.27. The summed E-state index contributed by atoms with van der Waals surface area (Å²) in [6.45, 7) is 2.25. The van der Waals surface area contributed by atoms with Gasteiger partial charge in [0.1, 0.15) is 0 Å². The number of hydrogen-bond donors (Lipinski definition) is 2. The molecule has 1 rings (SSSR count). The van der Waals surface area contributed by atoms with Gasteiger partial charge in [-0.05, 0) is 12.8 Å². The Morgan fingerprint density at radius 2 is 2.00 bits per heavy atom. The summed E-state index contributed by atoms with van der Waals surface area (Å²) in [7, 11) is 1.68. The fraction of sp³-hybridized carbons (Fsp3) is 0.917. The van der Waals surface area contributed by atoms with Crippen molar-refractivity contribution in [3.8, 4) is 0 Å². The van der Waals surface area contributed by atoms with Crippen molar-refractivity contribution in [3.63, 3.8) is 0 Å². The van der Waals surface area contributed by atoms with Crippen LogP contribution in [0.3, 0.4) is 0 Å². The highest BCUT2D eigenvalue weighted by Crippen LogP contribution is 2.17. The fourth-order valence-electron chi connectivity index (χ4n) is 2.05. The lowest BCUT2D eigenvalue weighted by Crippen LogP contribution is -2.37. The number of rotatable bonds is 7. The van der Waals surface area contributed by atoms with Gasteiger partial charge in [0, 0.05) is 32.7 Å². The normalized spacial score (nSPS) is 17.3. The zero-order valence-corrected chi connectivity index (χ0v) is 10.3. The van der Waals surface area contributed by atoms with Gasteiger partial charge >= 0.3 is 0 Å². The molecule has 0 aromatic heterocycles. The van der Waals surface area contributed by atoms with Gasteiger partial charge in [-0.1, -0.05) is 19.3 Å². The Hall–Kier alpha value is -0.610. The third kappa shape index (κ3) is 6.08. The van der Waals surface area contributed by atoms with Gasteiger partial charge < -0.3 is 15.4 Å². The summed E-state index contributed by atoms with van der Waals surface area (Å²) >= 11 is 0. The minimum atomic E-state index is 0.178. The first-order valence-electron chi connectivity index (χ1n) is 6.32. The maximum absolute atomic E-state index is 11.6. The molecule has 0 aromatic rings. The Balaban J connectivity index is 1.97. The third-order valence-corrected chi connectivity index (χ3v) is 2.98. The molecule has 0 heterocycles. The van der Waals surface area contributed by atoms with E-state index in [0.29, 0.717) is 19.1 Å². The quantitative estimate of drug-likeness (QED) is 0.641. The molecule has 0 spiro atoms. The topological polar surface area (TPSA) is 50.4 Å². The smallest absolute Gasteiger partial charge is 0.221 e. The molecule has 1 amide bonds. The first-order valence-corrected chi connectivity index (χ1v) is 6.32. The van der Waals surface area contributed by atoms with E-state index in [1.54, 1.807) is 7.11 Å². The van der Waals surface area contributed by atoms with Crippen molar-refractivity contribution in [1.29, 1.82) is 0 Å². The summed E-state index contributed by atoms with van der Waals surface area (Å²) in [6.07, 6.45) is 6.73. The second-order valence-electron chi connectivity index (χ2n) is 4.40. The predicted molar refractivity (Wildman–Crippen MR) is 64.4 cm³/mol. The highest BCUT2D eigenvalue weighted by Gasteiger charge is 2.14. The van der Waals surface area contributed by atoms with Gasteiger partial charge in [0.15, 0.2) is 0 Å². The molecular weight excluding hydrogens is 204 g/mol. The van der Waals surface area contributed by atoms with Gasteiger partial charge in [0.25, 0.3) is 0 Å². The van der Waals surface area contributed by atoms with Gasteiger partial charge in [-0.15, -0.1) is 0 Å². The third-order valence-electron chi connectivity index (χ3n) is 2.98. The Kier molecular flexibility index (Phi) is 7.17. The molecule has 4 heteroatoms. The Labute approximate surface area is 98.1 Å². The number of methoxy groups -OCH3 is 1. The van der Waals surface area contributed by atoms with E-state index < -0.39 is 0 Å². The highest BCUT2D eigenvalue weighted by atomic mass is 16.5.